The smallest absolute Gasteiger partial charge is 0.356 e. The van der Waals surface area contributed by atoms with Crippen molar-refractivity contribution in [2.24, 2.45) is 0 Å². The van der Waals surface area contributed by atoms with Crippen LogP contribution in [0.25, 0.3) is 0 Å². The summed E-state index contributed by atoms with van der Waals surface area (Å²) in [6.07, 6.45) is 4.01. The summed E-state index contributed by atoms with van der Waals surface area (Å²) in [4.78, 5) is 51.3. The molecule has 6 rings (SSSR count). The van der Waals surface area contributed by atoms with Gasteiger partial charge in [-0.1, -0.05) is 72.4 Å². The van der Waals surface area contributed by atoms with E-state index in [9.17, 15) is 14.4 Å². The molecule has 212 valence electrons. The zero-order valence-electron chi connectivity index (χ0n) is 22.0. The first-order chi connectivity index (χ1) is 20.6. The lowest BCUT2D eigenvalue weighted by molar-refractivity contribution is -0.154. The summed E-state index contributed by atoms with van der Waals surface area (Å²) in [6, 6.07) is 21.8. The zero-order valence-corrected chi connectivity index (χ0v) is 24.4. The van der Waals surface area contributed by atoms with Crippen LogP contribution in [0.5, 0.6) is 0 Å². The molecule has 13 heteroatoms. The first-order valence-corrected chi connectivity index (χ1v) is 15.8. The van der Waals surface area contributed by atoms with Gasteiger partial charge in [-0.25, -0.2) is 9.78 Å². The van der Waals surface area contributed by atoms with Crippen LogP contribution in [0.2, 0.25) is 0 Å². The van der Waals surface area contributed by atoms with Gasteiger partial charge in [0.15, 0.2) is 11.3 Å². The van der Waals surface area contributed by atoms with Gasteiger partial charge in [-0.3, -0.25) is 24.6 Å². The van der Waals surface area contributed by atoms with Crippen LogP contribution in [-0.4, -0.2) is 65.8 Å². The number of amides is 2. The number of esters is 1. The third-order valence-corrected chi connectivity index (χ3v) is 9.95. The third kappa shape index (κ3) is 6.08. The maximum absolute atomic E-state index is 14.0. The first kappa shape index (κ1) is 28.1. The predicted octanol–water partition coefficient (Wildman–Crippen LogP) is 4.03. The summed E-state index contributed by atoms with van der Waals surface area (Å²) < 4.78 is 6.16. The van der Waals surface area contributed by atoms with E-state index in [1.807, 2.05) is 72.8 Å². The number of nitrogens with one attached hydrogen (secondary N) is 2. The number of fused-ring (bicyclic) bond motifs is 1. The van der Waals surface area contributed by atoms with Gasteiger partial charge in [0.25, 0.3) is 5.91 Å². The van der Waals surface area contributed by atoms with E-state index in [0.717, 1.165) is 16.0 Å². The number of β-lactam (4-membered cyclic amide) rings is 1. The lowest BCUT2D eigenvalue weighted by Crippen LogP contribution is -2.70. The van der Waals surface area contributed by atoms with Crippen LogP contribution < -0.4 is 5.32 Å². The van der Waals surface area contributed by atoms with Crippen molar-refractivity contribution in [1.29, 1.82) is 0 Å². The van der Waals surface area contributed by atoms with Crippen LogP contribution in [0.1, 0.15) is 17.2 Å². The van der Waals surface area contributed by atoms with Crippen LogP contribution in [0.3, 0.4) is 0 Å². The summed E-state index contributed by atoms with van der Waals surface area (Å²) in [5.74, 6) is -0.694. The van der Waals surface area contributed by atoms with E-state index >= 15 is 0 Å². The number of carbonyl (C=O) groups is 3. The number of H-pyrrole nitrogens is 1. The van der Waals surface area contributed by atoms with Gasteiger partial charge < -0.3 is 10.1 Å². The van der Waals surface area contributed by atoms with Gasteiger partial charge >= 0.3 is 5.97 Å². The Morgan fingerprint density at radius 2 is 1.74 bits per heavy atom. The number of hydrogen-bond acceptors (Lipinski definition) is 10. The number of ether oxygens (including phenoxy) is 1. The number of pyridine rings is 1. The molecule has 2 aromatic heterocycles. The quantitative estimate of drug-likeness (QED) is 0.153. The van der Waals surface area contributed by atoms with E-state index < -0.39 is 23.5 Å². The number of nitrogens with zero attached hydrogens (tertiary/aromatic N) is 4. The highest BCUT2D eigenvalue weighted by atomic mass is 32.2. The van der Waals surface area contributed by atoms with Crippen molar-refractivity contribution in [3.05, 3.63) is 113 Å². The van der Waals surface area contributed by atoms with Crippen LogP contribution in [-0.2, 0) is 19.1 Å². The number of thioether (sulfide) groups is 3. The van der Waals surface area contributed by atoms with Crippen LogP contribution in [0, 0.1) is 0 Å². The molecule has 0 saturated carbocycles. The summed E-state index contributed by atoms with van der Waals surface area (Å²) in [7, 11) is 0. The fourth-order valence-electron chi connectivity index (χ4n) is 4.56. The molecule has 0 radical (unpaired) electrons. The second-order valence-corrected chi connectivity index (χ2v) is 12.4. The van der Waals surface area contributed by atoms with E-state index in [2.05, 4.69) is 25.5 Å². The molecule has 42 heavy (non-hydrogen) atoms. The number of rotatable bonds is 10. The summed E-state index contributed by atoms with van der Waals surface area (Å²) >= 11 is 4.06. The van der Waals surface area contributed by atoms with Crippen LogP contribution in [0.4, 0.5) is 0 Å². The third-order valence-electron chi connectivity index (χ3n) is 6.51. The standard InChI is InChI=1S/C29H24N6O4S3/c36-22(16-40-20-11-13-30-14-12-20)33-23-26(37)35-24(21(15-41-27(23)35)42-29-31-17-32-34-29)28(38)39-25(18-7-3-1-4-8-18)19-9-5-2-6-10-19/h1-14,17,23,25,27H,15-16H2,(H,33,36)(H,31,32,34)/t23-,27-/m1/s1. The molecular weight excluding hydrogens is 593 g/mol. The van der Waals surface area contributed by atoms with E-state index in [0.29, 0.717) is 15.8 Å². The van der Waals surface area contributed by atoms with Crippen LogP contribution in [0.15, 0.2) is 112 Å². The molecule has 0 spiro atoms. The largest absolute Gasteiger partial charge is 0.448 e. The molecule has 0 unspecified atom stereocenters. The van der Waals surface area contributed by atoms with E-state index in [1.165, 1.54) is 46.5 Å². The molecule has 10 nitrogen and oxygen atoms in total. The number of benzene rings is 2. The molecule has 4 heterocycles. The molecule has 1 fully saturated rings. The van der Waals surface area contributed by atoms with Gasteiger partial charge in [-0.2, -0.15) is 5.10 Å². The molecule has 1 saturated heterocycles. The number of hydrogen-bond donors (Lipinski definition) is 2. The Labute approximate surface area is 254 Å². The molecular formula is C29H24N6O4S3. The van der Waals surface area contributed by atoms with Crippen molar-refractivity contribution in [2.75, 3.05) is 11.5 Å². The van der Waals surface area contributed by atoms with Crippen molar-refractivity contribution in [3.8, 4) is 0 Å². The van der Waals surface area contributed by atoms with Gasteiger partial charge in [0, 0.05) is 27.9 Å². The van der Waals surface area contributed by atoms with E-state index in [4.69, 9.17) is 4.74 Å². The number of carbonyl (C=O) groups excluding carboxylic acids is 3. The maximum Gasteiger partial charge on any atom is 0.356 e. The summed E-state index contributed by atoms with van der Waals surface area (Å²) in [5.41, 5.74) is 1.75. The second kappa shape index (κ2) is 12.8. The topological polar surface area (TPSA) is 130 Å². The predicted molar refractivity (Wildman–Crippen MR) is 160 cm³/mol. The Morgan fingerprint density at radius 1 is 1.05 bits per heavy atom. The zero-order chi connectivity index (χ0) is 28.9. The van der Waals surface area contributed by atoms with Crippen molar-refractivity contribution in [1.82, 2.24) is 30.4 Å². The Kier molecular flexibility index (Phi) is 8.58. The van der Waals surface area contributed by atoms with Crippen molar-refractivity contribution >= 4 is 53.1 Å². The minimum absolute atomic E-state index is 0.151. The highest BCUT2D eigenvalue weighted by Crippen LogP contribution is 2.45. The molecule has 2 aromatic carbocycles. The van der Waals surface area contributed by atoms with Crippen molar-refractivity contribution in [3.63, 3.8) is 0 Å². The van der Waals surface area contributed by atoms with E-state index in [1.54, 1.807) is 12.4 Å². The SMILES string of the molecule is O=C(CSc1ccncc1)N[C@@H]1C(=O)N2C(C(=O)OC(c3ccccc3)c3ccccc3)=C(Sc3ncn[nH]3)CS[C@H]12. The minimum Gasteiger partial charge on any atom is -0.448 e. The van der Waals surface area contributed by atoms with Gasteiger partial charge in [-0.05, 0) is 23.3 Å². The molecule has 0 bridgehead atoms. The van der Waals surface area contributed by atoms with Gasteiger partial charge in [-0.15, -0.1) is 23.5 Å². The normalized spacial score (nSPS) is 17.9. The molecule has 2 N–H and O–H groups in total. The van der Waals surface area contributed by atoms with Gasteiger partial charge in [0.05, 0.1) is 5.75 Å². The second-order valence-electron chi connectivity index (χ2n) is 9.20. The van der Waals surface area contributed by atoms with Gasteiger partial charge in [0.1, 0.15) is 23.4 Å². The van der Waals surface area contributed by atoms with Crippen molar-refractivity contribution < 1.29 is 19.1 Å². The summed E-state index contributed by atoms with van der Waals surface area (Å²) in [5, 5.41) is 9.59. The number of aromatic amines is 1. The highest BCUT2D eigenvalue weighted by Gasteiger charge is 2.55. The maximum atomic E-state index is 14.0. The Balaban J connectivity index is 1.24. The lowest BCUT2D eigenvalue weighted by atomic mass is 10.0. The average molecular weight is 617 g/mol. The Hall–Kier alpha value is -4.07. The minimum atomic E-state index is -0.751. The Morgan fingerprint density at radius 3 is 2.38 bits per heavy atom. The summed E-state index contributed by atoms with van der Waals surface area (Å²) in [6.45, 7) is 0. The average Bonchev–Trinajstić information content (AvgIpc) is 3.55. The van der Waals surface area contributed by atoms with Crippen LogP contribution >= 0.6 is 35.3 Å². The monoisotopic (exact) mass is 616 g/mol. The fraction of sp³-hybridized carbons (Fsp3) is 0.172. The molecule has 2 amide bonds. The number of aromatic nitrogens is 4. The molecule has 2 aliphatic heterocycles. The van der Waals surface area contributed by atoms with E-state index in [-0.39, 0.29) is 23.3 Å². The molecule has 2 atom stereocenters. The fourth-order valence-corrected chi connectivity index (χ4v) is 7.60. The van der Waals surface area contributed by atoms with Crippen molar-refractivity contribution in [2.45, 2.75) is 27.6 Å². The lowest BCUT2D eigenvalue weighted by Gasteiger charge is -2.49. The molecule has 4 aromatic rings. The molecule has 2 aliphatic rings. The van der Waals surface area contributed by atoms with Gasteiger partial charge in [0.2, 0.25) is 5.91 Å². The first-order valence-electron chi connectivity index (χ1n) is 12.9. The highest BCUT2D eigenvalue weighted by molar-refractivity contribution is 8.06. The Bertz CT molecular complexity index is 1550. The molecule has 0 aliphatic carbocycles.